The lowest BCUT2D eigenvalue weighted by Gasteiger charge is -2.34. The van der Waals surface area contributed by atoms with Crippen LogP contribution in [0.4, 0.5) is 4.79 Å². The number of benzene rings is 1. The van der Waals surface area contributed by atoms with E-state index < -0.39 is 21.6 Å². The fraction of sp³-hybridized carbons (Fsp3) is 0.500. The van der Waals surface area contributed by atoms with E-state index in [1.54, 1.807) is 6.08 Å². The van der Waals surface area contributed by atoms with Gasteiger partial charge in [0.25, 0.3) is 5.91 Å². The number of hydrogen-bond acceptors (Lipinski definition) is 5. The molecule has 32 heavy (non-hydrogen) atoms. The van der Waals surface area contributed by atoms with Crippen LogP contribution in [0.1, 0.15) is 37.7 Å². The molecule has 0 radical (unpaired) electrons. The summed E-state index contributed by atoms with van der Waals surface area (Å²) in [4.78, 5) is 40.5. The van der Waals surface area contributed by atoms with Crippen molar-refractivity contribution >= 4 is 33.9 Å². The summed E-state index contributed by atoms with van der Waals surface area (Å²) in [5.74, 6) is -0.666. The second kappa shape index (κ2) is 9.03. The molecule has 0 atom stereocenters. The van der Waals surface area contributed by atoms with Crippen LogP contribution in [-0.2, 0) is 19.6 Å². The Morgan fingerprint density at radius 2 is 1.66 bits per heavy atom. The van der Waals surface area contributed by atoms with Gasteiger partial charge in [-0.15, -0.1) is 0 Å². The highest BCUT2D eigenvalue weighted by atomic mass is 32.2. The second-order valence-corrected chi connectivity index (χ2v) is 10.3. The average molecular weight is 461 g/mol. The molecule has 1 spiro atoms. The van der Waals surface area contributed by atoms with Crippen molar-refractivity contribution in [2.75, 3.05) is 32.7 Å². The molecule has 3 fully saturated rings. The van der Waals surface area contributed by atoms with Gasteiger partial charge in [0, 0.05) is 31.6 Å². The molecule has 0 bridgehead atoms. The minimum Gasteiger partial charge on any atom is -0.338 e. The number of carbonyl (C=O) groups is 3. The summed E-state index contributed by atoms with van der Waals surface area (Å²) < 4.78 is 26.5. The zero-order valence-corrected chi connectivity index (χ0v) is 18.7. The molecule has 1 saturated carbocycles. The van der Waals surface area contributed by atoms with Crippen molar-refractivity contribution in [1.29, 1.82) is 0 Å². The Morgan fingerprint density at radius 3 is 2.31 bits per heavy atom. The summed E-state index contributed by atoms with van der Waals surface area (Å²) >= 11 is 0. The molecule has 172 valence electrons. The first kappa shape index (κ1) is 22.5. The van der Waals surface area contributed by atoms with E-state index in [1.165, 1.54) is 14.6 Å². The van der Waals surface area contributed by atoms with Gasteiger partial charge in [0.1, 0.15) is 12.1 Å². The number of carbonyl (C=O) groups excluding carboxylic acids is 3. The lowest BCUT2D eigenvalue weighted by Crippen LogP contribution is -2.53. The molecule has 1 N–H and O–H groups in total. The van der Waals surface area contributed by atoms with Crippen molar-refractivity contribution in [1.82, 2.24) is 19.4 Å². The smallest absolute Gasteiger partial charge is 0.325 e. The molecule has 9 nitrogen and oxygen atoms in total. The van der Waals surface area contributed by atoms with Crippen molar-refractivity contribution < 1.29 is 22.8 Å². The standard InChI is InChI=1S/C22H28N4O5S/c27-19(17-26-20(28)22(23-21(26)29)10-5-2-6-11-22)24-12-14-25(15-13-24)32(30,31)16-9-18-7-3-1-4-8-18/h1,3-4,7-9,16H,2,5-6,10-15,17H2,(H,23,29)/b16-9+. The topological polar surface area (TPSA) is 107 Å². The van der Waals surface area contributed by atoms with Crippen LogP contribution in [0.3, 0.4) is 0 Å². The third kappa shape index (κ3) is 4.56. The Balaban J connectivity index is 1.32. The minimum absolute atomic E-state index is 0.164. The van der Waals surface area contributed by atoms with Crippen LogP contribution in [0, 0.1) is 0 Å². The fourth-order valence-electron chi connectivity index (χ4n) is 4.56. The number of sulfonamides is 1. The molecule has 4 amide bonds. The van der Waals surface area contributed by atoms with Crippen molar-refractivity contribution in [2.24, 2.45) is 0 Å². The summed E-state index contributed by atoms with van der Waals surface area (Å²) in [6, 6.07) is 8.64. The number of piperazine rings is 1. The molecular formula is C22H28N4O5S. The Hall–Kier alpha value is -2.72. The van der Waals surface area contributed by atoms with Gasteiger partial charge in [-0.1, -0.05) is 49.6 Å². The van der Waals surface area contributed by atoms with E-state index in [9.17, 15) is 22.8 Å². The average Bonchev–Trinajstić information content (AvgIpc) is 3.02. The number of amides is 4. The van der Waals surface area contributed by atoms with E-state index in [4.69, 9.17) is 0 Å². The molecule has 0 unspecified atom stereocenters. The minimum atomic E-state index is -3.60. The predicted molar refractivity (Wildman–Crippen MR) is 119 cm³/mol. The Kier molecular flexibility index (Phi) is 6.34. The lowest BCUT2D eigenvalue weighted by molar-refractivity contribution is -0.140. The number of hydrogen-bond donors (Lipinski definition) is 1. The molecule has 4 rings (SSSR count). The molecule has 3 aliphatic rings. The third-order valence-corrected chi connectivity index (χ3v) is 7.99. The third-order valence-electron chi connectivity index (χ3n) is 6.43. The van der Waals surface area contributed by atoms with Crippen LogP contribution in [-0.4, -0.2) is 78.6 Å². The van der Waals surface area contributed by atoms with Gasteiger partial charge < -0.3 is 10.2 Å². The molecule has 2 heterocycles. The molecule has 2 aliphatic heterocycles. The SMILES string of the molecule is O=C(CN1C(=O)NC2(CCCCC2)C1=O)N1CCN(S(=O)(=O)/C=C/c2ccccc2)CC1. The van der Waals surface area contributed by atoms with Crippen LogP contribution < -0.4 is 5.32 Å². The molecule has 1 aliphatic carbocycles. The first-order valence-electron chi connectivity index (χ1n) is 11.0. The van der Waals surface area contributed by atoms with Gasteiger partial charge >= 0.3 is 6.03 Å². The quantitative estimate of drug-likeness (QED) is 0.668. The van der Waals surface area contributed by atoms with E-state index in [1.807, 2.05) is 30.3 Å². The number of urea groups is 1. The molecule has 10 heteroatoms. The second-order valence-electron chi connectivity index (χ2n) is 8.50. The largest absolute Gasteiger partial charge is 0.338 e. The van der Waals surface area contributed by atoms with Crippen molar-refractivity contribution in [3.05, 3.63) is 41.3 Å². The van der Waals surface area contributed by atoms with Crippen LogP contribution >= 0.6 is 0 Å². The summed E-state index contributed by atoms with van der Waals surface area (Å²) in [7, 11) is -3.60. The summed E-state index contributed by atoms with van der Waals surface area (Å²) in [5.41, 5.74) is -0.0674. The van der Waals surface area contributed by atoms with Crippen molar-refractivity contribution in [3.8, 4) is 0 Å². The highest BCUT2D eigenvalue weighted by Crippen LogP contribution is 2.33. The fourth-order valence-corrected chi connectivity index (χ4v) is 5.73. The van der Waals surface area contributed by atoms with E-state index in [0.717, 1.165) is 29.7 Å². The normalized spacial score (nSPS) is 22.0. The molecule has 2 saturated heterocycles. The zero-order chi connectivity index (χ0) is 22.8. The number of nitrogens with zero attached hydrogens (tertiary/aromatic N) is 3. The van der Waals surface area contributed by atoms with E-state index in [-0.39, 0.29) is 44.5 Å². The predicted octanol–water partition coefficient (Wildman–Crippen LogP) is 1.39. The first-order valence-corrected chi connectivity index (χ1v) is 12.5. The highest BCUT2D eigenvalue weighted by molar-refractivity contribution is 7.92. The molecular weight excluding hydrogens is 432 g/mol. The Morgan fingerprint density at radius 1 is 1.00 bits per heavy atom. The molecule has 1 aromatic carbocycles. The maximum Gasteiger partial charge on any atom is 0.325 e. The van der Waals surface area contributed by atoms with E-state index in [0.29, 0.717) is 12.8 Å². The van der Waals surface area contributed by atoms with Crippen molar-refractivity contribution in [3.63, 3.8) is 0 Å². The Bertz CT molecular complexity index is 1010. The number of rotatable bonds is 5. The van der Waals surface area contributed by atoms with Crippen LogP contribution in [0.15, 0.2) is 35.7 Å². The summed E-state index contributed by atoms with van der Waals surface area (Å²) in [6.07, 6.45) is 5.56. The first-order chi connectivity index (χ1) is 15.3. The highest BCUT2D eigenvalue weighted by Gasteiger charge is 2.51. The Labute approximate surface area is 188 Å². The van der Waals surface area contributed by atoms with Gasteiger partial charge in [-0.2, -0.15) is 4.31 Å². The van der Waals surface area contributed by atoms with Crippen LogP contribution in [0.5, 0.6) is 0 Å². The van der Waals surface area contributed by atoms with Gasteiger partial charge in [-0.25, -0.2) is 13.2 Å². The van der Waals surface area contributed by atoms with Crippen LogP contribution in [0.2, 0.25) is 0 Å². The van der Waals surface area contributed by atoms with Crippen molar-refractivity contribution in [2.45, 2.75) is 37.6 Å². The lowest BCUT2D eigenvalue weighted by atomic mass is 9.82. The van der Waals surface area contributed by atoms with Gasteiger partial charge in [-0.3, -0.25) is 14.5 Å². The van der Waals surface area contributed by atoms with Crippen LogP contribution in [0.25, 0.3) is 6.08 Å². The van der Waals surface area contributed by atoms with E-state index >= 15 is 0 Å². The van der Waals surface area contributed by atoms with Gasteiger partial charge in [0.2, 0.25) is 15.9 Å². The summed E-state index contributed by atoms with van der Waals surface area (Å²) in [6.45, 7) is 0.444. The molecule has 1 aromatic rings. The van der Waals surface area contributed by atoms with Gasteiger partial charge in [0.15, 0.2) is 0 Å². The maximum absolute atomic E-state index is 12.9. The van der Waals surface area contributed by atoms with Gasteiger partial charge in [0.05, 0.1) is 0 Å². The monoisotopic (exact) mass is 460 g/mol. The van der Waals surface area contributed by atoms with Gasteiger partial charge in [-0.05, 0) is 24.5 Å². The number of imide groups is 1. The maximum atomic E-state index is 12.9. The van der Waals surface area contributed by atoms with E-state index in [2.05, 4.69) is 5.32 Å². The zero-order valence-electron chi connectivity index (χ0n) is 17.9. The molecule has 0 aromatic heterocycles. The number of nitrogens with one attached hydrogen (secondary N) is 1. The summed E-state index contributed by atoms with van der Waals surface area (Å²) in [5, 5.41) is 3.98.